The molecule has 0 radical (unpaired) electrons. The Morgan fingerprint density at radius 1 is 1.36 bits per heavy atom. The Labute approximate surface area is 84.8 Å². The summed E-state index contributed by atoms with van der Waals surface area (Å²) in [7, 11) is 0. The van der Waals surface area contributed by atoms with Crippen LogP contribution >= 0.6 is 11.7 Å². The van der Waals surface area contributed by atoms with E-state index in [0.29, 0.717) is 6.42 Å². The third-order valence-corrected chi connectivity index (χ3v) is 2.32. The number of nitrogens with zero attached hydrogens (tertiary/aromatic N) is 4. The van der Waals surface area contributed by atoms with E-state index in [2.05, 4.69) is 18.9 Å². The summed E-state index contributed by atoms with van der Waals surface area (Å²) in [6.07, 6.45) is 4.63. The Morgan fingerprint density at radius 2 is 2.29 bits per heavy atom. The van der Waals surface area contributed by atoms with Gasteiger partial charge in [-0.1, -0.05) is 0 Å². The van der Waals surface area contributed by atoms with Gasteiger partial charge < -0.3 is 5.11 Å². The van der Waals surface area contributed by atoms with Crippen LogP contribution in [0.1, 0.15) is 17.4 Å². The summed E-state index contributed by atoms with van der Waals surface area (Å²) >= 11 is 1.14. The van der Waals surface area contributed by atoms with E-state index in [0.717, 1.165) is 23.0 Å². The van der Waals surface area contributed by atoms with Gasteiger partial charge in [0.05, 0.1) is 35.9 Å². The second-order valence-electron chi connectivity index (χ2n) is 2.79. The van der Waals surface area contributed by atoms with Crippen LogP contribution in [0.2, 0.25) is 0 Å². The molecule has 0 fully saturated rings. The lowest BCUT2D eigenvalue weighted by atomic mass is 10.1. The summed E-state index contributed by atoms with van der Waals surface area (Å²) in [6.45, 7) is 0. The molecule has 2 aromatic heterocycles. The maximum absolute atomic E-state index is 9.76. The first-order valence-electron chi connectivity index (χ1n) is 4.07. The summed E-state index contributed by atoms with van der Waals surface area (Å²) in [5, 5.41) is 17.1. The SMILES string of the molecule is OC(Cc1cnsn1)c1ccnnc1. The molecule has 6 heteroatoms. The van der Waals surface area contributed by atoms with Gasteiger partial charge >= 0.3 is 0 Å². The third-order valence-electron chi connectivity index (χ3n) is 1.80. The minimum Gasteiger partial charge on any atom is -0.388 e. The fourth-order valence-electron chi connectivity index (χ4n) is 1.09. The quantitative estimate of drug-likeness (QED) is 0.799. The van der Waals surface area contributed by atoms with Crippen molar-refractivity contribution in [3.8, 4) is 0 Å². The highest BCUT2D eigenvalue weighted by atomic mass is 32.1. The van der Waals surface area contributed by atoms with Gasteiger partial charge in [0.15, 0.2) is 0 Å². The molecule has 0 aliphatic carbocycles. The molecule has 2 aromatic rings. The molecule has 14 heavy (non-hydrogen) atoms. The van der Waals surface area contributed by atoms with Crippen molar-refractivity contribution in [3.05, 3.63) is 35.9 Å². The molecule has 0 saturated carbocycles. The second kappa shape index (κ2) is 4.21. The van der Waals surface area contributed by atoms with Crippen molar-refractivity contribution >= 4 is 11.7 Å². The van der Waals surface area contributed by atoms with Crippen molar-refractivity contribution in [1.82, 2.24) is 18.9 Å². The van der Waals surface area contributed by atoms with Crippen LogP contribution in [0.5, 0.6) is 0 Å². The van der Waals surface area contributed by atoms with Gasteiger partial charge in [-0.3, -0.25) is 0 Å². The Hall–Kier alpha value is -1.40. The van der Waals surface area contributed by atoms with Crippen molar-refractivity contribution in [3.63, 3.8) is 0 Å². The van der Waals surface area contributed by atoms with Gasteiger partial charge in [-0.15, -0.1) is 0 Å². The molecular weight excluding hydrogens is 200 g/mol. The Balaban J connectivity index is 2.07. The third kappa shape index (κ3) is 2.09. The molecule has 1 atom stereocenters. The van der Waals surface area contributed by atoms with Crippen LogP contribution in [-0.4, -0.2) is 24.1 Å². The molecule has 5 nitrogen and oxygen atoms in total. The lowest BCUT2D eigenvalue weighted by Crippen LogP contribution is -2.02. The predicted octanol–water partition coefficient (Wildman–Crippen LogP) is 0.604. The Bertz CT molecular complexity index is 378. The summed E-state index contributed by atoms with van der Waals surface area (Å²) < 4.78 is 7.88. The maximum atomic E-state index is 9.76. The monoisotopic (exact) mass is 208 g/mol. The lowest BCUT2D eigenvalue weighted by Gasteiger charge is -2.06. The van der Waals surface area contributed by atoms with Crippen LogP contribution in [0.25, 0.3) is 0 Å². The smallest absolute Gasteiger partial charge is 0.0862 e. The van der Waals surface area contributed by atoms with E-state index in [1.807, 2.05) is 0 Å². The fourth-order valence-corrected chi connectivity index (χ4v) is 1.53. The molecule has 0 aromatic carbocycles. The first-order chi connectivity index (χ1) is 6.86. The zero-order valence-corrected chi connectivity index (χ0v) is 8.05. The van der Waals surface area contributed by atoms with Crippen molar-refractivity contribution < 1.29 is 5.11 Å². The van der Waals surface area contributed by atoms with Crippen LogP contribution in [0.15, 0.2) is 24.7 Å². The molecule has 0 aliphatic rings. The van der Waals surface area contributed by atoms with Crippen LogP contribution in [0, 0.1) is 0 Å². The number of aliphatic hydroxyl groups excluding tert-OH is 1. The van der Waals surface area contributed by atoms with Crippen LogP contribution in [0.4, 0.5) is 0 Å². The minimum atomic E-state index is -0.589. The van der Waals surface area contributed by atoms with Gasteiger partial charge in [-0.25, -0.2) is 0 Å². The standard InChI is InChI=1S/C8H8N4OS/c13-8(3-7-5-11-14-12-7)6-1-2-9-10-4-6/h1-2,4-5,8,13H,3H2. The Morgan fingerprint density at radius 3 is 2.93 bits per heavy atom. The molecule has 0 bridgehead atoms. The van der Waals surface area contributed by atoms with Gasteiger partial charge in [0, 0.05) is 18.2 Å². The van der Waals surface area contributed by atoms with Gasteiger partial charge in [0.1, 0.15) is 0 Å². The summed E-state index contributed by atoms with van der Waals surface area (Å²) in [6, 6.07) is 1.73. The lowest BCUT2D eigenvalue weighted by molar-refractivity contribution is 0.177. The average Bonchev–Trinajstić information content (AvgIpc) is 2.72. The van der Waals surface area contributed by atoms with Crippen LogP contribution in [0.3, 0.4) is 0 Å². The molecule has 2 heterocycles. The highest BCUT2D eigenvalue weighted by Gasteiger charge is 2.10. The zero-order valence-electron chi connectivity index (χ0n) is 7.24. The van der Waals surface area contributed by atoms with E-state index < -0.39 is 6.10 Å². The largest absolute Gasteiger partial charge is 0.388 e. The molecule has 0 aliphatic heterocycles. The number of hydrogen-bond acceptors (Lipinski definition) is 6. The first-order valence-corrected chi connectivity index (χ1v) is 4.80. The van der Waals surface area contributed by atoms with E-state index in [9.17, 15) is 5.11 Å². The normalized spacial score (nSPS) is 12.6. The summed E-state index contributed by atoms with van der Waals surface area (Å²) in [5.74, 6) is 0. The van der Waals surface area contributed by atoms with Crippen molar-refractivity contribution in [2.45, 2.75) is 12.5 Å². The zero-order chi connectivity index (χ0) is 9.80. The van der Waals surface area contributed by atoms with Gasteiger partial charge in [0.2, 0.25) is 0 Å². The number of rotatable bonds is 3. The molecule has 0 saturated heterocycles. The second-order valence-corrected chi connectivity index (χ2v) is 3.35. The average molecular weight is 208 g/mol. The van der Waals surface area contributed by atoms with E-state index in [1.54, 1.807) is 24.7 Å². The number of aliphatic hydroxyl groups is 1. The van der Waals surface area contributed by atoms with Gasteiger partial charge in [-0.05, 0) is 6.07 Å². The molecule has 72 valence electrons. The van der Waals surface area contributed by atoms with E-state index in [1.165, 1.54) is 0 Å². The van der Waals surface area contributed by atoms with E-state index in [4.69, 9.17) is 0 Å². The molecule has 1 unspecified atom stereocenters. The molecule has 2 rings (SSSR count). The highest BCUT2D eigenvalue weighted by Crippen LogP contribution is 2.15. The molecular formula is C8H8N4OS. The maximum Gasteiger partial charge on any atom is 0.0862 e. The highest BCUT2D eigenvalue weighted by molar-refractivity contribution is 6.99. The molecule has 0 spiro atoms. The van der Waals surface area contributed by atoms with E-state index in [-0.39, 0.29) is 0 Å². The van der Waals surface area contributed by atoms with Gasteiger partial charge in [-0.2, -0.15) is 18.9 Å². The predicted molar refractivity (Wildman–Crippen MR) is 50.6 cm³/mol. The van der Waals surface area contributed by atoms with Crippen molar-refractivity contribution in [2.75, 3.05) is 0 Å². The van der Waals surface area contributed by atoms with Crippen LogP contribution in [-0.2, 0) is 6.42 Å². The number of aromatic nitrogens is 4. The van der Waals surface area contributed by atoms with Crippen molar-refractivity contribution in [2.24, 2.45) is 0 Å². The topological polar surface area (TPSA) is 71.8 Å². The van der Waals surface area contributed by atoms with Crippen molar-refractivity contribution in [1.29, 1.82) is 0 Å². The van der Waals surface area contributed by atoms with E-state index >= 15 is 0 Å². The first kappa shape index (κ1) is 9.17. The Kier molecular flexibility index (Phi) is 2.76. The molecule has 0 amide bonds. The van der Waals surface area contributed by atoms with Crippen LogP contribution < -0.4 is 0 Å². The fraction of sp³-hybridized carbons (Fsp3) is 0.250. The van der Waals surface area contributed by atoms with Gasteiger partial charge in [0.25, 0.3) is 0 Å². The summed E-state index contributed by atoms with van der Waals surface area (Å²) in [5.41, 5.74) is 1.53. The molecule has 1 N–H and O–H groups in total. The number of hydrogen-bond donors (Lipinski definition) is 1. The summed E-state index contributed by atoms with van der Waals surface area (Å²) in [4.78, 5) is 0. The minimum absolute atomic E-state index is 0.461.